The molecule has 5 heteroatoms. The van der Waals surface area contributed by atoms with E-state index < -0.39 is 5.82 Å². The van der Waals surface area contributed by atoms with E-state index in [0.29, 0.717) is 18.8 Å². The van der Waals surface area contributed by atoms with E-state index in [9.17, 15) is 4.39 Å². The van der Waals surface area contributed by atoms with Gasteiger partial charge in [-0.25, -0.2) is 4.39 Å². The molecule has 20 heavy (non-hydrogen) atoms. The van der Waals surface area contributed by atoms with E-state index >= 15 is 0 Å². The molecule has 0 radical (unpaired) electrons. The third kappa shape index (κ3) is 3.97. The fourth-order valence-corrected chi connectivity index (χ4v) is 1.91. The highest BCUT2D eigenvalue weighted by Gasteiger charge is 2.03. The third-order valence-electron chi connectivity index (χ3n) is 2.60. The number of hydrogen-bond acceptors (Lipinski definition) is 3. The van der Waals surface area contributed by atoms with Gasteiger partial charge < -0.3 is 10.1 Å². The van der Waals surface area contributed by atoms with Gasteiger partial charge in [-0.1, -0.05) is 15.9 Å². The lowest BCUT2D eigenvalue weighted by molar-refractivity contribution is 0.333. The summed E-state index contributed by atoms with van der Waals surface area (Å²) in [6, 6.07) is 13.6. The quantitative estimate of drug-likeness (QED) is 0.842. The fraction of sp³-hybridized carbons (Fsp3) is 0.133. The maximum absolute atomic E-state index is 13.0. The first-order valence-electron chi connectivity index (χ1n) is 6.01. The Labute approximate surface area is 125 Å². The van der Waals surface area contributed by atoms with E-state index in [1.165, 1.54) is 12.1 Å². The summed E-state index contributed by atoms with van der Waals surface area (Å²) in [6.07, 6.45) is 0. The van der Waals surface area contributed by atoms with E-state index in [4.69, 9.17) is 10.00 Å². The van der Waals surface area contributed by atoms with Gasteiger partial charge in [-0.2, -0.15) is 5.26 Å². The molecule has 2 rings (SSSR count). The molecule has 0 fully saturated rings. The third-order valence-corrected chi connectivity index (χ3v) is 3.13. The maximum Gasteiger partial charge on any atom is 0.124 e. The highest BCUT2D eigenvalue weighted by molar-refractivity contribution is 9.10. The molecule has 0 unspecified atom stereocenters. The van der Waals surface area contributed by atoms with Crippen molar-refractivity contribution in [1.29, 1.82) is 5.26 Å². The Balaban J connectivity index is 1.84. The van der Waals surface area contributed by atoms with Gasteiger partial charge in [0.1, 0.15) is 24.2 Å². The zero-order valence-corrected chi connectivity index (χ0v) is 12.2. The molecule has 0 heterocycles. The molecule has 0 saturated heterocycles. The second-order valence-corrected chi connectivity index (χ2v) is 4.95. The molecule has 0 aromatic heterocycles. The Hall–Kier alpha value is -2.06. The number of nitrogens with zero attached hydrogens (tertiary/aromatic N) is 1. The van der Waals surface area contributed by atoms with Crippen LogP contribution in [0.2, 0.25) is 0 Å². The smallest absolute Gasteiger partial charge is 0.124 e. The van der Waals surface area contributed by atoms with Crippen molar-refractivity contribution in [3.63, 3.8) is 0 Å². The second kappa shape index (κ2) is 6.92. The lowest BCUT2D eigenvalue weighted by Crippen LogP contribution is -2.12. The van der Waals surface area contributed by atoms with Gasteiger partial charge in [-0.05, 0) is 42.5 Å². The number of nitrogens with one attached hydrogen (secondary N) is 1. The number of halogens is 2. The minimum atomic E-state index is -0.418. The summed E-state index contributed by atoms with van der Waals surface area (Å²) in [4.78, 5) is 0. The maximum atomic E-state index is 13.0. The molecule has 3 nitrogen and oxygen atoms in total. The van der Waals surface area contributed by atoms with Crippen LogP contribution in [0.3, 0.4) is 0 Å². The Morgan fingerprint density at radius 1 is 1.20 bits per heavy atom. The number of nitriles is 1. The van der Waals surface area contributed by atoms with Crippen molar-refractivity contribution in [3.05, 3.63) is 58.3 Å². The largest absolute Gasteiger partial charge is 0.492 e. The number of benzene rings is 2. The molecule has 0 amide bonds. The van der Waals surface area contributed by atoms with Crippen molar-refractivity contribution in [2.24, 2.45) is 0 Å². The Kier molecular flexibility index (Phi) is 4.97. The van der Waals surface area contributed by atoms with Gasteiger partial charge in [0, 0.05) is 11.0 Å². The Bertz CT molecular complexity index is 623. The van der Waals surface area contributed by atoms with Crippen LogP contribution in [0.25, 0.3) is 0 Å². The zero-order chi connectivity index (χ0) is 14.4. The van der Waals surface area contributed by atoms with Crippen LogP contribution in [-0.2, 0) is 0 Å². The molecule has 0 spiro atoms. The molecule has 0 bridgehead atoms. The minimum absolute atomic E-state index is 0.286. The average molecular weight is 335 g/mol. The van der Waals surface area contributed by atoms with Gasteiger partial charge in [0.25, 0.3) is 0 Å². The fourth-order valence-electron chi connectivity index (χ4n) is 1.65. The summed E-state index contributed by atoms with van der Waals surface area (Å²) >= 11 is 3.35. The van der Waals surface area contributed by atoms with Crippen molar-refractivity contribution in [2.45, 2.75) is 0 Å². The summed E-state index contributed by atoms with van der Waals surface area (Å²) in [5.41, 5.74) is 0.891. The normalized spacial score (nSPS) is 9.85. The lowest BCUT2D eigenvalue weighted by Gasteiger charge is -2.09. The predicted octanol–water partition coefficient (Wildman–Crippen LogP) is 3.95. The summed E-state index contributed by atoms with van der Waals surface area (Å²) in [6.45, 7) is 0.972. The van der Waals surface area contributed by atoms with Crippen LogP contribution in [0, 0.1) is 17.1 Å². The second-order valence-electron chi connectivity index (χ2n) is 4.03. The molecule has 0 aliphatic rings. The lowest BCUT2D eigenvalue weighted by atomic mass is 10.2. The summed E-state index contributed by atoms with van der Waals surface area (Å²) < 4.78 is 19.5. The van der Waals surface area contributed by atoms with Crippen LogP contribution >= 0.6 is 15.9 Å². The molecule has 0 saturated carbocycles. The first-order valence-corrected chi connectivity index (χ1v) is 6.80. The molecule has 2 aromatic rings. The molecule has 0 aliphatic heterocycles. The molecule has 2 aromatic carbocycles. The topological polar surface area (TPSA) is 45.0 Å². The average Bonchev–Trinajstić information content (AvgIpc) is 2.46. The van der Waals surface area contributed by atoms with Gasteiger partial charge >= 0.3 is 0 Å². The van der Waals surface area contributed by atoms with Gasteiger partial charge in [0.15, 0.2) is 0 Å². The summed E-state index contributed by atoms with van der Waals surface area (Å²) in [5, 5.41) is 12.0. The van der Waals surface area contributed by atoms with E-state index in [-0.39, 0.29) is 5.56 Å². The number of hydrogen-bond donors (Lipinski definition) is 1. The molecule has 0 atom stereocenters. The van der Waals surface area contributed by atoms with Gasteiger partial charge in [0.2, 0.25) is 0 Å². The standard InChI is InChI=1S/C15H12BrFN2O/c16-12-1-4-14(5-2-12)20-8-7-19-15-6-3-13(17)9-11(15)10-18/h1-6,9,19H,7-8H2. The molecular weight excluding hydrogens is 323 g/mol. The zero-order valence-electron chi connectivity index (χ0n) is 10.6. The number of rotatable bonds is 5. The highest BCUT2D eigenvalue weighted by Crippen LogP contribution is 2.17. The van der Waals surface area contributed by atoms with Gasteiger partial charge in [-0.3, -0.25) is 0 Å². The molecular formula is C15H12BrFN2O. The van der Waals surface area contributed by atoms with Crippen LogP contribution in [0.1, 0.15) is 5.56 Å². The molecule has 0 aliphatic carbocycles. The Morgan fingerprint density at radius 2 is 1.95 bits per heavy atom. The SMILES string of the molecule is N#Cc1cc(F)ccc1NCCOc1ccc(Br)cc1. The minimum Gasteiger partial charge on any atom is -0.492 e. The van der Waals surface area contributed by atoms with E-state index in [1.54, 1.807) is 6.07 Å². The van der Waals surface area contributed by atoms with Gasteiger partial charge in [-0.15, -0.1) is 0 Å². The first-order chi connectivity index (χ1) is 9.69. The van der Waals surface area contributed by atoms with Crippen LogP contribution in [0.5, 0.6) is 5.75 Å². The molecule has 1 N–H and O–H groups in total. The highest BCUT2D eigenvalue weighted by atomic mass is 79.9. The predicted molar refractivity (Wildman–Crippen MR) is 79.2 cm³/mol. The Morgan fingerprint density at radius 3 is 2.65 bits per heavy atom. The summed E-state index contributed by atoms with van der Waals surface area (Å²) in [7, 11) is 0. The number of anilines is 1. The monoisotopic (exact) mass is 334 g/mol. The van der Waals surface area contributed by atoms with Gasteiger partial charge in [0.05, 0.1) is 11.3 Å². The van der Waals surface area contributed by atoms with Crippen LogP contribution in [0.15, 0.2) is 46.9 Å². The van der Waals surface area contributed by atoms with Crippen LogP contribution in [0.4, 0.5) is 10.1 Å². The van der Waals surface area contributed by atoms with Crippen molar-refractivity contribution in [3.8, 4) is 11.8 Å². The van der Waals surface area contributed by atoms with Crippen LogP contribution in [-0.4, -0.2) is 13.2 Å². The van der Waals surface area contributed by atoms with E-state index in [2.05, 4.69) is 21.2 Å². The summed E-state index contributed by atoms with van der Waals surface area (Å²) in [5.74, 6) is 0.354. The van der Waals surface area contributed by atoms with E-state index in [0.717, 1.165) is 10.2 Å². The van der Waals surface area contributed by atoms with Crippen molar-refractivity contribution in [1.82, 2.24) is 0 Å². The number of ether oxygens (including phenoxy) is 1. The van der Waals surface area contributed by atoms with Crippen molar-refractivity contribution < 1.29 is 9.13 Å². The van der Waals surface area contributed by atoms with E-state index in [1.807, 2.05) is 30.3 Å². The van der Waals surface area contributed by atoms with Crippen molar-refractivity contribution >= 4 is 21.6 Å². The van der Waals surface area contributed by atoms with Crippen molar-refractivity contribution in [2.75, 3.05) is 18.5 Å². The first kappa shape index (κ1) is 14.4. The van der Waals surface area contributed by atoms with Crippen LogP contribution < -0.4 is 10.1 Å². The molecule has 102 valence electrons.